The first kappa shape index (κ1) is 23.0. The van der Waals surface area contributed by atoms with E-state index in [1.54, 1.807) is 23.1 Å². The Bertz CT molecular complexity index is 1510. The van der Waals surface area contributed by atoms with Gasteiger partial charge in [-0.15, -0.1) is 11.3 Å². The largest absolute Gasteiger partial charge is 0.457 e. The van der Waals surface area contributed by atoms with Gasteiger partial charge < -0.3 is 4.42 Å². The van der Waals surface area contributed by atoms with Crippen LogP contribution in [0.25, 0.3) is 17.4 Å². The van der Waals surface area contributed by atoms with E-state index in [4.69, 9.17) is 16.0 Å². The number of aryl methyl sites for hydroxylation is 1. The zero-order valence-corrected chi connectivity index (χ0v) is 20.4. The van der Waals surface area contributed by atoms with Crippen molar-refractivity contribution in [1.82, 2.24) is 4.98 Å². The summed E-state index contributed by atoms with van der Waals surface area (Å²) in [7, 11) is 0. The smallest absolute Gasteiger partial charge is 0.271 e. The standard InChI is InChI=1S/C24H15ClN4O4S2/c1-14-13-34-23(26-14)27-24-28(15-5-3-2-4-6-15)22(30)21(35-24)12-17-8-10-20(33-17)18-9-7-16(29(31)32)11-19(18)25/h2-13H,1H3/b21-12+,27-24+. The predicted octanol–water partition coefficient (Wildman–Crippen LogP) is 7.08. The van der Waals surface area contributed by atoms with Crippen molar-refractivity contribution >= 4 is 68.4 Å². The van der Waals surface area contributed by atoms with E-state index in [0.29, 0.717) is 38.0 Å². The average molecular weight is 523 g/mol. The quantitative estimate of drug-likeness (QED) is 0.157. The number of halogens is 1. The number of para-hydroxylation sites is 1. The Balaban J connectivity index is 1.48. The maximum atomic E-state index is 13.4. The van der Waals surface area contributed by atoms with Crippen LogP contribution in [0.3, 0.4) is 0 Å². The Kier molecular flexibility index (Phi) is 6.25. The van der Waals surface area contributed by atoms with E-state index in [0.717, 1.165) is 5.69 Å². The number of carbonyl (C=O) groups excluding carboxylic acids is 1. The summed E-state index contributed by atoms with van der Waals surface area (Å²) in [6.45, 7) is 1.89. The second-order valence-electron chi connectivity index (χ2n) is 7.38. The number of amides is 1. The van der Waals surface area contributed by atoms with Crippen molar-refractivity contribution in [2.24, 2.45) is 4.99 Å². The van der Waals surface area contributed by atoms with E-state index in [1.807, 2.05) is 42.6 Å². The molecule has 1 saturated heterocycles. The van der Waals surface area contributed by atoms with Gasteiger partial charge in [-0.2, -0.15) is 4.99 Å². The molecule has 5 rings (SSSR count). The lowest BCUT2D eigenvalue weighted by molar-refractivity contribution is -0.384. The lowest BCUT2D eigenvalue weighted by atomic mass is 10.1. The number of rotatable bonds is 5. The maximum absolute atomic E-state index is 13.4. The Morgan fingerprint density at radius 2 is 1.97 bits per heavy atom. The Morgan fingerprint density at radius 3 is 2.66 bits per heavy atom. The molecule has 8 nitrogen and oxygen atoms in total. The molecule has 0 N–H and O–H groups in total. The molecular formula is C24H15ClN4O4S2. The van der Waals surface area contributed by atoms with Crippen LogP contribution in [0.15, 0.2) is 80.4 Å². The summed E-state index contributed by atoms with van der Waals surface area (Å²) >= 11 is 8.86. The van der Waals surface area contributed by atoms with E-state index in [9.17, 15) is 14.9 Å². The zero-order valence-electron chi connectivity index (χ0n) is 18.0. The lowest BCUT2D eigenvalue weighted by Gasteiger charge is -2.14. The Labute approximate surface area is 212 Å². The van der Waals surface area contributed by atoms with Gasteiger partial charge in [0, 0.05) is 29.2 Å². The van der Waals surface area contributed by atoms with Gasteiger partial charge in [-0.1, -0.05) is 29.8 Å². The SMILES string of the molecule is Cc1csc(/N=C2/S/C(=C/c3ccc(-c4ccc([N+](=O)[O-])cc4Cl)o3)C(=O)N2c2ccccc2)n1. The molecule has 0 radical (unpaired) electrons. The third-order valence-electron chi connectivity index (χ3n) is 4.95. The number of carbonyl (C=O) groups is 1. The monoisotopic (exact) mass is 522 g/mol. The van der Waals surface area contributed by atoms with Gasteiger partial charge in [0.2, 0.25) is 5.13 Å². The molecule has 0 atom stereocenters. The van der Waals surface area contributed by atoms with Gasteiger partial charge in [0.05, 0.1) is 26.2 Å². The minimum atomic E-state index is -0.513. The first-order valence-electron chi connectivity index (χ1n) is 10.2. The van der Waals surface area contributed by atoms with Crippen LogP contribution in [0.4, 0.5) is 16.5 Å². The highest BCUT2D eigenvalue weighted by atomic mass is 35.5. The van der Waals surface area contributed by atoms with Gasteiger partial charge in [-0.3, -0.25) is 19.8 Å². The van der Waals surface area contributed by atoms with Crippen LogP contribution in [0.2, 0.25) is 5.02 Å². The number of nitro groups is 1. The summed E-state index contributed by atoms with van der Waals surface area (Å²) in [6, 6.07) is 16.8. The fourth-order valence-electron chi connectivity index (χ4n) is 3.35. The fourth-order valence-corrected chi connectivity index (χ4v) is 5.30. The van der Waals surface area contributed by atoms with Crippen molar-refractivity contribution in [2.75, 3.05) is 4.90 Å². The molecule has 4 aromatic rings. The van der Waals surface area contributed by atoms with Crippen LogP contribution in [-0.2, 0) is 4.79 Å². The van der Waals surface area contributed by atoms with E-state index in [1.165, 1.54) is 41.3 Å². The highest BCUT2D eigenvalue weighted by Gasteiger charge is 2.35. The number of nitro benzene ring substituents is 1. The number of non-ortho nitro benzene ring substituents is 1. The number of hydrogen-bond donors (Lipinski definition) is 0. The Hall–Kier alpha value is -3.73. The number of hydrogen-bond acceptors (Lipinski definition) is 8. The van der Waals surface area contributed by atoms with Gasteiger partial charge in [0.25, 0.3) is 11.6 Å². The number of benzene rings is 2. The first-order chi connectivity index (χ1) is 16.9. The highest BCUT2D eigenvalue weighted by molar-refractivity contribution is 8.19. The molecule has 11 heteroatoms. The number of nitrogens with zero attached hydrogens (tertiary/aromatic N) is 4. The van der Waals surface area contributed by atoms with Gasteiger partial charge in [0.1, 0.15) is 11.5 Å². The molecule has 2 aromatic heterocycles. The van der Waals surface area contributed by atoms with Crippen LogP contribution < -0.4 is 4.90 Å². The third kappa shape index (κ3) is 4.76. The van der Waals surface area contributed by atoms with Gasteiger partial charge in [-0.05, 0) is 49.0 Å². The fraction of sp³-hybridized carbons (Fsp3) is 0.0417. The second-order valence-corrected chi connectivity index (χ2v) is 9.63. The Morgan fingerprint density at radius 1 is 1.17 bits per heavy atom. The summed E-state index contributed by atoms with van der Waals surface area (Å²) < 4.78 is 5.89. The summed E-state index contributed by atoms with van der Waals surface area (Å²) in [4.78, 5) is 34.8. The number of furan rings is 1. The van der Waals surface area contributed by atoms with E-state index < -0.39 is 4.92 Å². The molecule has 1 aliphatic rings. The van der Waals surface area contributed by atoms with E-state index in [2.05, 4.69) is 9.98 Å². The van der Waals surface area contributed by atoms with Crippen LogP contribution in [0, 0.1) is 17.0 Å². The lowest BCUT2D eigenvalue weighted by Crippen LogP contribution is -2.28. The highest BCUT2D eigenvalue weighted by Crippen LogP contribution is 2.39. The van der Waals surface area contributed by atoms with Crippen LogP contribution in [-0.4, -0.2) is 21.0 Å². The number of thiazole rings is 1. The minimum absolute atomic E-state index is 0.108. The molecule has 0 spiro atoms. The van der Waals surface area contributed by atoms with Crippen LogP contribution in [0.5, 0.6) is 0 Å². The van der Waals surface area contributed by atoms with Crippen molar-refractivity contribution in [3.63, 3.8) is 0 Å². The van der Waals surface area contributed by atoms with Crippen LogP contribution in [0.1, 0.15) is 11.5 Å². The van der Waals surface area contributed by atoms with Crippen molar-refractivity contribution in [3.05, 3.63) is 97.5 Å². The molecule has 0 bridgehead atoms. The molecule has 0 aliphatic carbocycles. The number of amidine groups is 1. The number of aliphatic imine (C=N–C) groups is 1. The molecule has 2 aromatic carbocycles. The molecule has 1 aliphatic heterocycles. The summed E-state index contributed by atoms with van der Waals surface area (Å²) in [5.74, 6) is 0.628. The predicted molar refractivity (Wildman–Crippen MR) is 139 cm³/mol. The van der Waals surface area contributed by atoms with Gasteiger partial charge in [-0.25, -0.2) is 4.98 Å². The maximum Gasteiger partial charge on any atom is 0.271 e. The third-order valence-corrected chi connectivity index (χ3v) is 7.08. The minimum Gasteiger partial charge on any atom is -0.457 e. The topological polar surface area (TPSA) is 102 Å². The molecule has 0 unspecified atom stereocenters. The molecule has 174 valence electrons. The van der Waals surface area contributed by atoms with Crippen molar-refractivity contribution in [3.8, 4) is 11.3 Å². The number of anilines is 1. The summed E-state index contributed by atoms with van der Waals surface area (Å²) in [5.41, 5.74) is 1.96. The first-order valence-corrected chi connectivity index (χ1v) is 12.3. The zero-order chi connectivity index (χ0) is 24.5. The average Bonchev–Trinajstić information content (AvgIpc) is 3.54. The molecular weight excluding hydrogens is 508 g/mol. The number of thioether (sulfide) groups is 1. The summed E-state index contributed by atoms with van der Waals surface area (Å²) in [5, 5.41) is 14.1. The van der Waals surface area contributed by atoms with Crippen molar-refractivity contribution < 1.29 is 14.1 Å². The van der Waals surface area contributed by atoms with E-state index in [-0.39, 0.29) is 16.6 Å². The molecule has 0 saturated carbocycles. The normalized spacial score (nSPS) is 15.9. The second kappa shape index (κ2) is 9.49. The number of aromatic nitrogens is 1. The van der Waals surface area contributed by atoms with Crippen molar-refractivity contribution in [2.45, 2.75) is 6.92 Å². The van der Waals surface area contributed by atoms with Crippen molar-refractivity contribution in [1.29, 1.82) is 0 Å². The van der Waals surface area contributed by atoms with Gasteiger partial charge in [0.15, 0.2) is 5.17 Å². The molecule has 35 heavy (non-hydrogen) atoms. The van der Waals surface area contributed by atoms with E-state index >= 15 is 0 Å². The molecule has 3 heterocycles. The molecule has 1 fully saturated rings. The van der Waals surface area contributed by atoms with Gasteiger partial charge >= 0.3 is 0 Å². The van der Waals surface area contributed by atoms with Crippen LogP contribution >= 0.6 is 34.7 Å². The molecule has 1 amide bonds. The summed E-state index contributed by atoms with van der Waals surface area (Å²) in [6.07, 6.45) is 1.64.